The highest BCUT2D eigenvalue weighted by molar-refractivity contribution is 9.10. The largest absolute Gasteiger partial charge is 0.299 e. The molecule has 1 amide bonds. The van der Waals surface area contributed by atoms with Gasteiger partial charge >= 0.3 is 0 Å². The predicted octanol–water partition coefficient (Wildman–Crippen LogP) is 5.05. The van der Waals surface area contributed by atoms with Gasteiger partial charge in [-0.15, -0.1) is 0 Å². The van der Waals surface area contributed by atoms with Crippen LogP contribution in [0.4, 0.5) is 14.5 Å². The van der Waals surface area contributed by atoms with E-state index in [0.717, 1.165) is 11.0 Å². The van der Waals surface area contributed by atoms with Crippen LogP contribution in [-0.2, 0) is 11.3 Å². The zero-order valence-corrected chi connectivity index (χ0v) is 17.1. The number of benzene rings is 2. The lowest BCUT2D eigenvalue weighted by Gasteiger charge is -2.47. The molecule has 0 saturated carbocycles. The summed E-state index contributed by atoms with van der Waals surface area (Å²) in [4.78, 5) is 16.5. The van der Waals surface area contributed by atoms with Crippen molar-refractivity contribution in [1.82, 2.24) is 4.90 Å². The zero-order chi connectivity index (χ0) is 19.9. The first-order chi connectivity index (χ1) is 13.4. The molecule has 0 radical (unpaired) electrons. The fourth-order valence-corrected chi connectivity index (χ4v) is 4.78. The fraction of sp³-hybridized carbons (Fsp3) is 0.318. The molecule has 2 aliphatic rings. The summed E-state index contributed by atoms with van der Waals surface area (Å²) < 4.78 is 28.8. The molecule has 2 aromatic rings. The summed E-state index contributed by atoms with van der Waals surface area (Å²) in [5.74, 6) is -0.694. The minimum atomic E-state index is -0.462. The molecule has 0 N–H and O–H groups in total. The van der Waals surface area contributed by atoms with Gasteiger partial charge in [0, 0.05) is 40.9 Å². The van der Waals surface area contributed by atoms with E-state index in [1.54, 1.807) is 29.2 Å². The number of carbonyl (C=O) groups is 1. The lowest BCUT2D eigenvalue weighted by molar-refractivity contribution is -0.114. The molecule has 6 heteroatoms. The van der Waals surface area contributed by atoms with Crippen molar-refractivity contribution in [2.24, 2.45) is 0 Å². The summed E-state index contributed by atoms with van der Waals surface area (Å²) in [6, 6.07) is 11.3. The summed E-state index contributed by atoms with van der Waals surface area (Å²) in [7, 11) is 0. The highest BCUT2D eigenvalue weighted by atomic mass is 79.9. The molecule has 1 fully saturated rings. The third-order valence-corrected chi connectivity index (χ3v) is 6.25. The van der Waals surface area contributed by atoms with Crippen LogP contribution < -0.4 is 4.90 Å². The van der Waals surface area contributed by atoms with Crippen molar-refractivity contribution in [3.05, 3.63) is 76.3 Å². The van der Waals surface area contributed by atoms with E-state index in [9.17, 15) is 13.6 Å². The van der Waals surface area contributed by atoms with E-state index < -0.39 is 5.54 Å². The molecular weight excluding hydrogens is 426 g/mol. The van der Waals surface area contributed by atoms with Crippen LogP contribution in [0, 0.1) is 11.6 Å². The predicted molar refractivity (Wildman–Crippen MR) is 109 cm³/mol. The van der Waals surface area contributed by atoms with Gasteiger partial charge in [-0.1, -0.05) is 28.1 Å². The molecule has 2 heterocycles. The maximum Gasteiger partial charge on any atom is 0.251 e. The van der Waals surface area contributed by atoms with Crippen molar-refractivity contribution >= 4 is 27.5 Å². The molecule has 3 nitrogen and oxygen atoms in total. The Hall–Kier alpha value is -2.05. The molecule has 1 spiro atoms. The molecule has 0 aliphatic carbocycles. The Bertz CT molecular complexity index is 948. The summed E-state index contributed by atoms with van der Waals surface area (Å²) in [6.45, 7) is 3.33. The van der Waals surface area contributed by atoms with Crippen LogP contribution >= 0.6 is 15.9 Å². The smallest absolute Gasteiger partial charge is 0.251 e. The third kappa shape index (κ3) is 3.51. The van der Waals surface area contributed by atoms with Crippen LogP contribution in [0.1, 0.15) is 25.3 Å². The van der Waals surface area contributed by atoms with Gasteiger partial charge in [0.05, 0.1) is 5.54 Å². The van der Waals surface area contributed by atoms with Gasteiger partial charge in [0.25, 0.3) is 5.91 Å². The van der Waals surface area contributed by atoms with Gasteiger partial charge in [0.1, 0.15) is 11.6 Å². The van der Waals surface area contributed by atoms with Gasteiger partial charge in [-0.25, -0.2) is 8.78 Å². The topological polar surface area (TPSA) is 23.6 Å². The highest BCUT2D eigenvalue weighted by Gasteiger charge is 2.46. The molecule has 2 aliphatic heterocycles. The highest BCUT2D eigenvalue weighted by Crippen LogP contribution is 2.41. The van der Waals surface area contributed by atoms with E-state index in [4.69, 9.17) is 0 Å². The summed E-state index contributed by atoms with van der Waals surface area (Å²) >= 11 is 3.40. The number of likely N-dealkylation sites (tertiary alicyclic amines) is 1. The van der Waals surface area contributed by atoms with E-state index in [2.05, 4.69) is 27.8 Å². The second-order valence-electron chi connectivity index (χ2n) is 7.60. The Morgan fingerprint density at radius 2 is 2.04 bits per heavy atom. The fourth-order valence-electron chi connectivity index (χ4n) is 4.37. The molecule has 146 valence electrons. The second-order valence-corrected chi connectivity index (χ2v) is 8.52. The first-order valence-electron chi connectivity index (χ1n) is 9.35. The maximum absolute atomic E-state index is 14.2. The third-order valence-electron chi connectivity index (χ3n) is 5.75. The van der Waals surface area contributed by atoms with Crippen LogP contribution in [0.15, 0.2) is 59.1 Å². The number of halogens is 3. The second kappa shape index (κ2) is 7.41. The van der Waals surface area contributed by atoms with Gasteiger partial charge in [-0.2, -0.15) is 0 Å². The molecular formula is C22H21BrF2N2O. The molecule has 2 aromatic carbocycles. The quantitative estimate of drug-likeness (QED) is 0.658. The van der Waals surface area contributed by atoms with Gasteiger partial charge in [-0.05, 0) is 56.2 Å². The van der Waals surface area contributed by atoms with E-state index in [0.29, 0.717) is 30.6 Å². The van der Waals surface area contributed by atoms with Gasteiger partial charge in [0.15, 0.2) is 0 Å². The molecule has 2 atom stereocenters. The Morgan fingerprint density at radius 1 is 1.21 bits per heavy atom. The number of piperidine rings is 1. The lowest BCUT2D eigenvalue weighted by atomic mass is 9.82. The van der Waals surface area contributed by atoms with Gasteiger partial charge < -0.3 is 0 Å². The number of hydrogen-bond acceptors (Lipinski definition) is 2. The first-order valence-corrected chi connectivity index (χ1v) is 10.1. The average Bonchev–Trinajstić information content (AvgIpc) is 2.96. The van der Waals surface area contributed by atoms with E-state index in [1.807, 2.05) is 12.1 Å². The average molecular weight is 447 g/mol. The Labute approximate surface area is 171 Å². The van der Waals surface area contributed by atoms with Crippen molar-refractivity contribution in [2.75, 3.05) is 11.4 Å². The van der Waals surface area contributed by atoms with E-state index in [-0.39, 0.29) is 23.6 Å². The Kier molecular flexibility index (Phi) is 5.10. The van der Waals surface area contributed by atoms with Crippen molar-refractivity contribution in [1.29, 1.82) is 0 Å². The monoisotopic (exact) mass is 446 g/mol. The number of hydrogen-bond donors (Lipinski definition) is 0. The van der Waals surface area contributed by atoms with E-state index >= 15 is 0 Å². The molecule has 28 heavy (non-hydrogen) atoms. The summed E-state index contributed by atoms with van der Waals surface area (Å²) in [6.07, 6.45) is 4.96. The molecule has 0 unspecified atom stereocenters. The van der Waals surface area contributed by atoms with Crippen molar-refractivity contribution < 1.29 is 13.6 Å². The number of anilines is 1. The minimum Gasteiger partial charge on any atom is -0.299 e. The number of nitrogens with zero attached hydrogens (tertiary/aromatic N) is 2. The molecule has 0 aromatic heterocycles. The van der Waals surface area contributed by atoms with Crippen LogP contribution in [0.25, 0.3) is 0 Å². The summed E-state index contributed by atoms with van der Waals surface area (Å²) in [5.41, 5.74) is 0.766. The van der Waals surface area contributed by atoms with Crippen LogP contribution in [0.2, 0.25) is 0 Å². The van der Waals surface area contributed by atoms with Crippen molar-refractivity contribution in [2.45, 2.75) is 37.9 Å². The standard InChI is InChI=1S/C22H21BrF2N2O/c1-15-13-22(8-7-21(28)27(22)19-4-2-3-18(24)12-19)9-10-26(15)14-16-11-17(23)5-6-20(16)25/h2-8,11-12,15H,9-10,13-14H2,1H3/t15-,22+/m1/s1. The van der Waals surface area contributed by atoms with Gasteiger partial charge in [-0.3, -0.25) is 14.6 Å². The SMILES string of the molecule is C[C@@H]1C[C@]2(C=CC(=O)N2c2cccc(F)c2)CCN1Cc1cc(Br)ccc1F. The van der Waals surface area contributed by atoms with Crippen LogP contribution in [0.5, 0.6) is 0 Å². The van der Waals surface area contributed by atoms with Crippen molar-refractivity contribution in [3.63, 3.8) is 0 Å². The maximum atomic E-state index is 14.2. The Balaban J connectivity index is 1.56. The zero-order valence-electron chi connectivity index (χ0n) is 15.5. The Morgan fingerprint density at radius 3 is 2.79 bits per heavy atom. The first kappa shape index (κ1) is 19.3. The number of amides is 1. The molecule has 0 bridgehead atoms. The molecule has 1 saturated heterocycles. The normalized spacial score (nSPS) is 25.1. The number of carbonyl (C=O) groups excluding carboxylic acids is 1. The molecule has 4 rings (SSSR count). The lowest BCUT2D eigenvalue weighted by Crippen LogP contribution is -2.56. The van der Waals surface area contributed by atoms with Crippen molar-refractivity contribution in [3.8, 4) is 0 Å². The summed E-state index contributed by atoms with van der Waals surface area (Å²) in [5, 5.41) is 0. The van der Waals surface area contributed by atoms with E-state index in [1.165, 1.54) is 18.2 Å². The van der Waals surface area contributed by atoms with Gasteiger partial charge in [0.2, 0.25) is 0 Å². The number of rotatable bonds is 3. The van der Waals surface area contributed by atoms with Crippen LogP contribution in [-0.4, -0.2) is 28.9 Å². The van der Waals surface area contributed by atoms with Crippen LogP contribution in [0.3, 0.4) is 0 Å². The minimum absolute atomic E-state index is 0.121.